The zero-order valence-electron chi connectivity index (χ0n) is 11.2. The molecule has 0 heterocycles. The summed E-state index contributed by atoms with van der Waals surface area (Å²) in [6.07, 6.45) is 0.232. The van der Waals surface area contributed by atoms with Crippen molar-refractivity contribution in [2.24, 2.45) is 5.92 Å². The number of esters is 1. The largest absolute Gasteiger partial charge is 0.466 e. The lowest BCUT2D eigenvalue weighted by Crippen LogP contribution is -2.38. The standard InChI is InChI=1S/C12H23NO4/c1-5-17-12(15)6-7-13(8-10(2)3)11(14)9-16-4/h10H,5-9H2,1-4H3. The molecular formula is C12H23NO4. The summed E-state index contributed by atoms with van der Waals surface area (Å²) in [7, 11) is 1.48. The van der Waals surface area contributed by atoms with Crippen LogP contribution in [0.3, 0.4) is 0 Å². The minimum absolute atomic E-state index is 0.0511. The third-order valence-electron chi connectivity index (χ3n) is 2.10. The summed E-state index contributed by atoms with van der Waals surface area (Å²) in [5.74, 6) is -0.00465. The number of amides is 1. The average Bonchev–Trinajstić information content (AvgIpc) is 2.24. The Morgan fingerprint density at radius 1 is 1.29 bits per heavy atom. The molecule has 0 aromatic rings. The summed E-state index contributed by atoms with van der Waals surface area (Å²) in [4.78, 5) is 24.6. The Morgan fingerprint density at radius 3 is 2.41 bits per heavy atom. The third kappa shape index (κ3) is 7.74. The topological polar surface area (TPSA) is 55.8 Å². The van der Waals surface area contributed by atoms with Crippen LogP contribution < -0.4 is 0 Å². The van der Waals surface area contributed by atoms with Crippen molar-refractivity contribution in [2.45, 2.75) is 27.2 Å². The predicted molar refractivity (Wildman–Crippen MR) is 64.5 cm³/mol. The van der Waals surface area contributed by atoms with E-state index in [4.69, 9.17) is 9.47 Å². The Labute approximate surface area is 103 Å². The van der Waals surface area contributed by atoms with Gasteiger partial charge in [-0.05, 0) is 12.8 Å². The van der Waals surface area contributed by atoms with Gasteiger partial charge in [0, 0.05) is 20.2 Å². The highest BCUT2D eigenvalue weighted by Crippen LogP contribution is 2.02. The molecule has 0 spiro atoms. The molecule has 17 heavy (non-hydrogen) atoms. The maximum atomic E-state index is 11.7. The van der Waals surface area contributed by atoms with E-state index in [9.17, 15) is 9.59 Å². The summed E-state index contributed by atoms with van der Waals surface area (Å²) in [5.41, 5.74) is 0. The van der Waals surface area contributed by atoms with Crippen molar-refractivity contribution in [3.63, 3.8) is 0 Å². The molecule has 5 heteroatoms. The summed E-state index contributed by atoms with van der Waals surface area (Å²) in [6.45, 7) is 7.25. The van der Waals surface area contributed by atoms with Crippen LogP contribution in [0.15, 0.2) is 0 Å². The number of methoxy groups -OCH3 is 1. The van der Waals surface area contributed by atoms with E-state index >= 15 is 0 Å². The number of rotatable bonds is 8. The zero-order valence-corrected chi connectivity index (χ0v) is 11.2. The van der Waals surface area contributed by atoms with Gasteiger partial charge in [0.15, 0.2) is 0 Å². The van der Waals surface area contributed by atoms with Crippen LogP contribution in [-0.2, 0) is 19.1 Å². The molecule has 0 N–H and O–H groups in total. The van der Waals surface area contributed by atoms with E-state index in [2.05, 4.69) is 0 Å². The third-order valence-corrected chi connectivity index (χ3v) is 2.10. The van der Waals surface area contributed by atoms with Gasteiger partial charge in [-0.3, -0.25) is 9.59 Å². The van der Waals surface area contributed by atoms with Crippen molar-refractivity contribution >= 4 is 11.9 Å². The second-order valence-electron chi connectivity index (χ2n) is 4.22. The Kier molecular flexibility index (Phi) is 8.40. The van der Waals surface area contributed by atoms with Crippen molar-refractivity contribution in [1.82, 2.24) is 4.90 Å². The lowest BCUT2D eigenvalue weighted by Gasteiger charge is -2.23. The van der Waals surface area contributed by atoms with Crippen molar-refractivity contribution in [3.05, 3.63) is 0 Å². The number of hydrogen-bond donors (Lipinski definition) is 0. The minimum atomic E-state index is -0.272. The number of hydrogen-bond acceptors (Lipinski definition) is 4. The molecule has 0 aliphatic heterocycles. The van der Waals surface area contributed by atoms with Crippen LogP contribution >= 0.6 is 0 Å². The molecule has 0 saturated carbocycles. The molecule has 0 aliphatic rings. The second kappa shape index (κ2) is 8.98. The first-order valence-electron chi connectivity index (χ1n) is 5.93. The summed E-state index contributed by atoms with van der Waals surface area (Å²) >= 11 is 0. The number of nitrogens with zero attached hydrogens (tertiary/aromatic N) is 1. The van der Waals surface area contributed by atoms with Crippen molar-refractivity contribution < 1.29 is 19.1 Å². The molecule has 5 nitrogen and oxygen atoms in total. The van der Waals surface area contributed by atoms with E-state index in [0.29, 0.717) is 25.6 Å². The Bertz CT molecular complexity index is 241. The van der Waals surface area contributed by atoms with Gasteiger partial charge in [0.1, 0.15) is 6.61 Å². The maximum Gasteiger partial charge on any atom is 0.307 e. The lowest BCUT2D eigenvalue weighted by molar-refractivity contribution is -0.144. The van der Waals surface area contributed by atoms with E-state index < -0.39 is 0 Å². The van der Waals surface area contributed by atoms with Gasteiger partial charge in [-0.1, -0.05) is 13.8 Å². The second-order valence-corrected chi connectivity index (χ2v) is 4.22. The molecule has 0 aromatic heterocycles. The highest BCUT2D eigenvalue weighted by atomic mass is 16.5. The normalized spacial score (nSPS) is 10.4. The first kappa shape index (κ1) is 15.9. The van der Waals surface area contributed by atoms with Gasteiger partial charge >= 0.3 is 5.97 Å². The lowest BCUT2D eigenvalue weighted by atomic mass is 10.2. The minimum Gasteiger partial charge on any atom is -0.466 e. The van der Waals surface area contributed by atoms with Crippen LogP contribution in [0, 0.1) is 5.92 Å². The molecule has 0 fully saturated rings. The molecular weight excluding hydrogens is 222 g/mol. The van der Waals surface area contributed by atoms with Gasteiger partial charge in [0.05, 0.1) is 13.0 Å². The number of carbonyl (C=O) groups is 2. The average molecular weight is 245 g/mol. The molecule has 1 amide bonds. The van der Waals surface area contributed by atoms with E-state index in [1.807, 2.05) is 13.8 Å². The van der Waals surface area contributed by atoms with Crippen molar-refractivity contribution in [3.8, 4) is 0 Å². The summed E-state index contributed by atoms with van der Waals surface area (Å²) < 4.78 is 9.64. The molecule has 0 rings (SSSR count). The first-order valence-corrected chi connectivity index (χ1v) is 5.93. The summed E-state index contributed by atoms with van der Waals surface area (Å²) in [6, 6.07) is 0. The van der Waals surface area contributed by atoms with Gasteiger partial charge in [-0.2, -0.15) is 0 Å². The van der Waals surface area contributed by atoms with Gasteiger partial charge in [-0.25, -0.2) is 0 Å². The van der Waals surface area contributed by atoms with Crippen LogP contribution in [-0.4, -0.2) is 50.2 Å². The first-order chi connectivity index (χ1) is 8.01. The quantitative estimate of drug-likeness (QED) is 0.600. The molecule has 0 atom stereocenters. The zero-order chi connectivity index (χ0) is 13.3. The van der Waals surface area contributed by atoms with Crippen LogP contribution in [0.25, 0.3) is 0 Å². The van der Waals surface area contributed by atoms with E-state index in [0.717, 1.165) is 0 Å². The smallest absolute Gasteiger partial charge is 0.307 e. The van der Waals surface area contributed by atoms with E-state index in [1.54, 1.807) is 11.8 Å². The molecule has 0 aliphatic carbocycles. The molecule has 0 saturated heterocycles. The van der Waals surface area contributed by atoms with Gasteiger partial charge in [0.2, 0.25) is 5.91 Å². The highest BCUT2D eigenvalue weighted by molar-refractivity contribution is 5.78. The van der Waals surface area contributed by atoms with Gasteiger partial charge < -0.3 is 14.4 Å². The Morgan fingerprint density at radius 2 is 1.94 bits per heavy atom. The molecule has 0 radical (unpaired) electrons. The Balaban J connectivity index is 4.18. The summed E-state index contributed by atoms with van der Waals surface area (Å²) in [5, 5.41) is 0. The number of ether oxygens (including phenoxy) is 2. The van der Waals surface area contributed by atoms with Crippen LogP contribution in [0.2, 0.25) is 0 Å². The fourth-order valence-electron chi connectivity index (χ4n) is 1.43. The SMILES string of the molecule is CCOC(=O)CCN(CC(C)C)C(=O)COC. The fraction of sp³-hybridized carbons (Fsp3) is 0.833. The highest BCUT2D eigenvalue weighted by Gasteiger charge is 2.16. The van der Waals surface area contributed by atoms with Crippen molar-refractivity contribution in [2.75, 3.05) is 33.4 Å². The maximum absolute atomic E-state index is 11.7. The molecule has 100 valence electrons. The van der Waals surface area contributed by atoms with Crippen LogP contribution in [0.4, 0.5) is 0 Å². The van der Waals surface area contributed by atoms with E-state index in [1.165, 1.54) is 7.11 Å². The fourth-order valence-corrected chi connectivity index (χ4v) is 1.43. The number of carbonyl (C=O) groups excluding carboxylic acids is 2. The van der Waals surface area contributed by atoms with Crippen LogP contribution in [0.5, 0.6) is 0 Å². The monoisotopic (exact) mass is 245 g/mol. The molecule has 0 aromatic carbocycles. The predicted octanol–water partition coefficient (Wildman–Crippen LogP) is 1.07. The van der Waals surface area contributed by atoms with Gasteiger partial charge in [0.25, 0.3) is 0 Å². The van der Waals surface area contributed by atoms with Crippen molar-refractivity contribution in [1.29, 1.82) is 0 Å². The van der Waals surface area contributed by atoms with Gasteiger partial charge in [-0.15, -0.1) is 0 Å². The van der Waals surface area contributed by atoms with Crippen LogP contribution in [0.1, 0.15) is 27.2 Å². The Hall–Kier alpha value is -1.10. The molecule has 0 bridgehead atoms. The van der Waals surface area contributed by atoms with E-state index in [-0.39, 0.29) is 24.9 Å². The molecule has 0 unspecified atom stereocenters.